The van der Waals surface area contributed by atoms with E-state index in [0.717, 1.165) is 5.69 Å². The number of aromatic nitrogens is 1. The van der Waals surface area contributed by atoms with Crippen molar-refractivity contribution in [3.05, 3.63) is 16.1 Å². The first-order chi connectivity index (χ1) is 8.29. The first-order valence-electron chi connectivity index (χ1n) is 6.39. The third kappa shape index (κ3) is 3.53. The molecule has 0 spiro atoms. The molecule has 1 fully saturated rings. The van der Waals surface area contributed by atoms with E-state index in [1.807, 2.05) is 6.92 Å². The Balaban J connectivity index is 1.83. The van der Waals surface area contributed by atoms with Crippen molar-refractivity contribution < 1.29 is 9.53 Å². The highest BCUT2D eigenvalue weighted by Gasteiger charge is 2.20. The molecular formula is C13H19NO2S. The average Bonchev–Trinajstić information content (AvgIpc) is 2.97. The molecule has 4 heteroatoms. The molecule has 1 aromatic rings. The van der Waals surface area contributed by atoms with Crippen LogP contribution in [0.5, 0.6) is 0 Å². The largest absolute Gasteiger partial charge is 0.466 e. The van der Waals surface area contributed by atoms with Crippen molar-refractivity contribution in [2.24, 2.45) is 0 Å². The number of carbonyl (C=O) groups excluding carboxylic acids is 1. The van der Waals surface area contributed by atoms with Crippen LogP contribution in [0.3, 0.4) is 0 Å². The Morgan fingerprint density at radius 2 is 2.29 bits per heavy atom. The average molecular weight is 253 g/mol. The summed E-state index contributed by atoms with van der Waals surface area (Å²) in [6.45, 7) is 2.29. The van der Waals surface area contributed by atoms with E-state index in [0.29, 0.717) is 25.4 Å². The van der Waals surface area contributed by atoms with E-state index in [1.165, 1.54) is 30.7 Å². The van der Waals surface area contributed by atoms with Crippen molar-refractivity contribution in [3.8, 4) is 0 Å². The van der Waals surface area contributed by atoms with Crippen LogP contribution >= 0.6 is 11.3 Å². The molecule has 1 aromatic heterocycles. The number of aryl methyl sites for hydroxylation is 1. The molecule has 2 rings (SSSR count). The van der Waals surface area contributed by atoms with Crippen LogP contribution in [0.1, 0.15) is 55.6 Å². The predicted octanol–water partition coefficient (Wildman–Crippen LogP) is 3.30. The Bertz CT molecular complexity index is 369. The molecular weight excluding hydrogens is 234 g/mol. The zero-order chi connectivity index (χ0) is 12.1. The summed E-state index contributed by atoms with van der Waals surface area (Å²) in [6.07, 6.45) is 6.39. The van der Waals surface area contributed by atoms with Gasteiger partial charge in [0.2, 0.25) is 0 Å². The summed E-state index contributed by atoms with van der Waals surface area (Å²) in [6, 6.07) is 0. The second kappa shape index (κ2) is 6.15. The number of hydrogen-bond donors (Lipinski definition) is 0. The van der Waals surface area contributed by atoms with Crippen molar-refractivity contribution in [2.45, 2.75) is 51.4 Å². The highest BCUT2D eigenvalue weighted by molar-refractivity contribution is 7.09. The molecule has 0 atom stereocenters. The van der Waals surface area contributed by atoms with Gasteiger partial charge in [0.1, 0.15) is 0 Å². The van der Waals surface area contributed by atoms with Crippen LogP contribution in [0, 0.1) is 0 Å². The molecule has 0 N–H and O–H groups in total. The van der Waals surface area contributed by atoms with Crippen molar-refractivity contribution in [1.82, 2.24) is 4.98 Å². The Kier molecular flexibility index (Phi) is 4.54. The Morgan fingerprint density at radius 3 is 3.00 bits per heavy atom. The van der Waals surface area contributed by atoms with Gasteiger partial charge in [0.25, 0.3) is 0 Å². The van der Waals surface area contributed by atoms with Crippen LogP contribution < -0.4 is 0 Å². The summed E-state index contributed by atoms with van der Waals surface area (Å²) in [4.78, 5) is 15.9. The van der Waals surface area contributed by atoms with Gasteiger partial charge in [-0.25, -0.2) is 4.98 Å². The van der Waals surface area contributed by atoms with Crippen molar-refractivity contribution >= 4 is 17.3 Å². The predicted molar refractivity (Wildman–Crippen MR) is 68.3 cm³/mol. The number of hydrogen-bond acceptors (Lipinski definition) is 4. The smallest absolute Gasteiger partial charge is 0.306 e. The van der Waals surface area contributed by atoms with E-state index in [1.54, 1.807) is 11.3 Å². The van der Waals surface area contributed by atoms with Gasteiger partial charge in [0.15, 0.2) is 0 Å². The van der Waals surface area contributed by atoms with Gasteiger partial charge in [-0.05, 0) is 19.8 Å². The molecule has 1 heterocycles. The van der Waals surface area contributed by atoms with Gasteiger partial charge in [0, 0.05) is 17.7 Å². The number of carbonyl (C=O) groups is 1. The van der Waals surface area contributed by atoms with Gasteiger partial charge in [-0.3, -0.25) is 4.79 Å². The van der Waals surface area contributed by atoms with Crippen molar-refractivity contribution in [1.29, 1.82) is 0 Å². The summed E-state index contributed by atoms with van der Waals surface area (Å²) in [5.74, 6) is 0.555. The van der Waals surface area contributed by atoms with Gasteiger partial charge < -0.3 is 4.74 Å². The van der Waals surface area contributed by atoms with E-state index in [2.05, 4.69) is 10.4 Å². The molecule has 1 aliphatic carbocycles. The Labute approximate surface area is 106 Å². The summed E-state index contributed by atoms with van der Waals surface area (Å²) < 4.78 is 4.91. The third-order valence-electron chi connectivity index (χ3n) is 3.16. The maximum absolute atomic E-state index is 11.2. The molecule has 0 amide bonds. The van der Waals surface area contributed by atoms with Gasteiger partial charge in [-0.1, -0.05) is 12.8 Å². The number of esters is 1. The summed E-state index contributed by atoms with van der Waals surface area (Å²) in [7, 11) is 0. The fourth-order valence-corrected chi connectivity index (χ4v) is 3.29. The molecule has 0 aliphatic heterocycles. The van der Waals surface area contributed by atoms with Crippen LogP contribution in [0.2, 0.25) is 0 Å². The molecule has 3 nitrogen and oxygen atoms in total. The van der Waals surface area contributed by atoms with Gasteiger partial charge in [-0.15, -0.1) is 11.3 Å². The van der Waals surface area contributed by atoms with Gasteiger partial charge >= 0.3 is 5.97 Å². The van der Waals surface area contributed by atoms with E-state index < -0.39 is 0 Å². The lowest BCUT2D eigenvalue weighted by molar-refractivity contribution is -0.143. The molecule has 0 bridgehead atoms. The van der Waals surface area contributed by atoms with E-state index in [4.69, 9.17) is 4.74 Å². The molecule has 0 radical (unpaired) electrons. The molecule has 0 saturated heterocycles. The van der Waals surface area contributed by atoms with Crippen LogP contribution in [0.4, 0.5) is 0 Å². The van der Waals surface area contributed by atoms with E-state index in [-0.39, 0.29) is 5.97 Å². The van der Waals surface area contributed by atoms with Crippen LogP contribution in [-0.2, 0) is 16.0 Å². The molecule has 0 unspecified atom stereocenters. The highest BCUT2D eigenvalue weighted by Crippen LogP contribution is 2.35. The summed E-state index contributed by atoms with van der Waals surface area (Å²) in [5.41, 5.74) is 1.05. The van der Waals surface area contributed by atoms with E-state index in [9.17, 15) is 4.79 Å². The summed E-state index contributed by atoms with van der Waals surface area (Å²) >= 11 is 1.75. The number of rotatable bonds is 5. The lowest BCUT2D eigenvalue weighted by atomic mass is 10.1. The van der Waals surface area contributed by atoms with Crippen molar-refractivity contribution in [2.75, 3.05) is 6.61 Å². The lowest BCUT2D eigenvalue weighted by Crippen LogP contribution is -2.05. The van der Waals surface area contributed by atoms with E-state index >= 15 is 0 Å². The molecule has 94 valence electrons. The maximum atomic E-state index is 11.2. The van der Waals surface area contributed by atoms with Gasteiger partial charge in [0.05, 0.1) is 23.7 Å². The molecule has 1 saturated carbocycles. The standard InChI is InChI=1S/C13H19NO2S/c1-2-16-12(15)8-7-11-9-17-13(14-11)10-5-3-4-6-10/h9-10H,2-8H2,1H3. The first-order valence-corrected chi connectivity index (χ1v) is 7.27. The minimum absolute atomic E-state index is 0.122. The fourth-order valence-electron chi connectivity index (χ4n) is 2.26. The zero-order valence-electron chi connectivity index (χ0n) is 10.3. The monoisotopic (exact) mass is 253 g/mol. The van der Waals surface area contributed by atoms with Gasteiger partial charge in [-0.2, -0.15) is 0 Å². The maximum Gasteiger partial charge on any atom is 0.306 e. The normalized spacial score (nSPS) is 16.3. The molecule has 1 aliphatic rings. The van der Waals surface area contributed by atoms with Crippen LogP contribution in [0.25, 0.3) is 0 Å². The summed E-state index contributed by atoms with van der Waals surface area (Å²) in [5, 5.41) is 3.36. The lowest BCUT2D eigenvalue weighted by Gasteiger charge is -2.03. The van der Waals surface area contributed by atoms with Crippen LogP contribution in [-0.4, -0.2) is 17.6 Å². The SMILES string of the molecule is CCOC(=O)CCc1csc(C2CCCC2)n1. The minimum atomic E-state index is -0.122. The van der Waals surface area contributed by atoms with Crippen molar-refractivity contribution in [3.63, 3.8) is 0 Å². The number of thiazole rings is 1. The number of ether oxygens (including phenoxy) is 1. The zero-order valence-corrected chi connectivity index (χ0v) is 11.1. The fraction of sp³-hybridized carbons (Fsp3) is 0.692. The Hall–Kier alpha value is -0.900. The highest BCUT2D eigenvalue weighted by atomic mass is 32.1. The quantitative estimate of drug-likeness (QED) is 0.756. The topological polar surface area (TPSA) is 39.2 Å². The minimum Gasteiger partial charge on any atom is -0.466 e. The third-order valence-corrected chi connectivity index (χ3v) is 4.22. The molecule has 17 heavy (non-hydrogen) atoms. The first kappa shape index (κ1) is 12.6. The number of nitrogens with zero attached hydrogens (tertiary/aromatic N) is 1. The Morgan fingerprint density at radius 1 is 1.53 bits per heavy atom. The second-order valence-electron chi connectivity index (χ2n) is 4.46. The molecule has 0 aromatic carbocycles. The second-order valence-corrected chi connectivity index (χ2v) is 5.35. The van der Waals surface area contributed by atoms with Crippen LogP contribution in [0.15, 0.2) is 5.38 Å².